The molecule has 0 unspecified atom stereocenters. The number of nitrogens with zero attached hydrogens (tertiary/aromatic N) is 1. The number of hydrogen-bond donors (Lipinski definition) is 1. The van der Waals surface area contributed by atoms with Crippen LogP contribution in [0.2, 0.25) is 0 Å². The van der Waals surface area contributed by atoms with Crippen molar-refractivity contribution in [3.05, 3.63) is 22.3 Å². The molecule has 0 atom stereocenters. The topological polar surface area (TPSA) is 59.1 Å². The first-order chi connectivity index (χ1) is 5.68. The normalized spacial score (nSPS) is 14.4. The summed E-state index contributed by atoms with van der Waals surface area (Å²) >= 11 is 3.16. The van der Waals surface area contributed by atoms with E-state index in [2.05, 4.69) is 26.2 Å². The molecule has 5 heteroatoms. The Bertz CT molecular complexity index is 389. The summed E-state index contributed by atoms with van der Waals surface area (Å²) in [4.78, 5) is 25.8. The zero-order valence-corrected chi connectivity index (χ0v) is 7.38. The van der Waals surface area contributed by atoms with Gasteiger partial charge in [0.25, 0.3) is 11.7 Å². The minimum absolute atomic E-state index is 0.328. The zero-order valence-electron chi connectivity index (χ0n) is 5.80. The highest BCUT2D eigenvalue weighted by Gasteiger charge is 2.28. The molecule has 0 fully saturated rings. The number of rotatable bonds is 0. The Kier molecular flexibility index (Phi) is 1.47. The summed E-state index contributed by atoms with van der Waals surface area (Å²) < 4.78 is 0.686. The molecule has 0 spiro atoms. The molecular weight excluding hydrogens is 224 g/mol. The Balaban J connectivity index is 2.63. The molecule has 1 amide bonds. The van der Waals surface area contributed by atoms with Crippen molar-refractivity contribution < 1.29 is 9.59 Å². The third-order valence-corrected chi connectivity index (χ3v) is 1.97. The monoisotopic (exact) mass is 226 g/mol. The fourth-order valence-electron chi connectivity index (χ4n) is 0.999. The Hall–Kier alpha value is -1.23. The van der Waals surface area contributed by atoms with Crippen LogP contribution in [-0.4, -0.2) is 16.7 Å². The van der Waals surface area contributed by atoms with Gasteiger partial charge in [0.1, 0.15) is 5.82 Å². The summed E-state index contributed by atoms with van der Waals surface area (Å²) in [5, 5.41) is 2.35. The minimum atomic E-state index is -0.615. The van der Waals surface area contributed by atoms with Gasteiger partial charge >= 0.3 is 0 Å². The van der Waals surface area contributed by atoms with Crippen molar-refractivity contribution in [2.24, 2.45) is 0 Å². The lowest BCUT2D eigenvalue weighted by Gasteiger charge is -1.93. The Morgan fingerprint density at radius 2 is 2.17 bits per heavy atom. The number of anilines is 1. The molecule has 1 aromatic heterocycles. The van der Waals surface area contributed by atoms with Crippen molar-refractivity contribution in [1.29, 1.82) is 0 Å². The molecule has 2 heterocycles. The maximum absolute atomic E-state index is 11.1. The summed E-state index contributed by atoms with van der Waals surface area (Å²) in [5.41, 5.74) is 0.328. The highest BCUT2D eigenvalue weighted by atomic mass is 79.9. The molecule has 0 radical (unpaired) electrons. The maximum Gasteiger partial charge on any atom is 0.298 e. The summed E-state index contributed by atoms with van der Waals surface area (Å²) in [7, 11) is 0. The van der Waals surface area contributed by atoms with Crippen LogP contribution in [0.3, 0.4) is 0 Å². The fourth-order valence-corrected chi connectivity index (χ4v) is 1.33. The number of Topliss-reactive ketones (excluding diaryl/α,β-unsaturated/α-hetero) is 1. The predicted octanol–water partition coefficient (Wildman–Crippen LogP) is 0.979. The minimum Gasteiger partial charge on any atom is -0.303 e. The first-order valence-electron chi connectivity index (χ1n) is 3.20. The fraction of sp³-hybridized carbons (Fsp3) is 0. The van der Waals surface area contributed by atoms with Gasteiger partial charge in [0.05, 0.1) is 5.56 Å². The first kappa shape index (κ1) is 7.42. The van der Waals surface area contributed by atoms with Gasteiger partial charge in [-0.3, -0.25) is 9.59 Å². The number of ketones is 1. The van der Waals surface area contributed by atoms with Crippen LogP contribution in [0.25, 0.3) is 0 Å². The molecule has 4 nitrogen and oxygen atoms in total. The van der Waals surface area contributed by atoms with Gasteiger partial charge in [-0.25, -0.2) is 4.98 Å². The van der Waals surface area contributed by atoms with Gasteiger partial charge in [0.15, 0.2) is 0 Å². The van der Waals surface area contributed by atoms with Crippen LogP contribution in [0, 0.1) is 0 Å². The number of hydrogen-bond acceptors (Lipinski definition) is 3. The van der Waals surface area contributed by atoms with E-state index in [9.17, 15) is 9.59 Å². The van der Waals surface area contributed by atoms with E-state index in [1.54, 1.807) is 6.07 Å². The number of fused-ring (bicyclic) bond motifs is 1. The molecule has 1 aliphatic rings. The van der Waals surface area contributed by atoms with E-state index < -0.39 is 11.7 Å². The molecular formula is C7H3BrN2O2. The number of carbonyl (C=O) groups excluding carboxylic acids is 2. The summed E-state index contributed by atoms with van der Waals surface area (Å²) in [5.74, 6) is -0.803. The highest BCUT2D eigenvalue weighted by Crippen LogP contribution is 2.22. The molecule has 2 rings (SSSR count). The molecule has 1 aromatic rings. The third kappa shape index (κ3) is 0.937. The van der Waals surface area contributed by atoms with E-state index >= 15 is 0 Å². The molecule has 60 valence electrons. The van der Waals surface area contributed by atoms with E-state index in [0.29, 0.717) is 15.9 Å². The third-order valence-electron chi connectivity index (χ3n) is 1.54. The molecule has 1 N–H and O–H groups in total. The standard InChI is InChI=1S/C7H3BrN2O2/c8-3-1-4-5(11)7(12)10-6(4)9-2-3/h1-2H,(H,9,10,11,12). The average Bonchev–Trinajstić information content (AvgIpc) is 2.31. The predicted molar refractivity (Wildman–Crippen MR) is 44.9 cm³/mol. The van der Waals surface area contributed by atoms with Crippen LogP contribution in [-0.2, 0) is 4.79 Å². The van der Waals surface area contributed by atoms with Crippen molar-refractivity contribution in [3.8, 4) is 0 Å². The molecule has 0 saturated heterocycles. The van der Waals surface area contributed by atoms with Crippen LogP contribution in [0.15, 0.2) is 16.7 Å². The van der Waals surface area contributed by atoms with Crippen molar-refractivity contribution in [2.75, 3.05) is 5.32 Å². The van der Waals surface area contributed by atoms with E-state index in [4.69, 9.17) is 0 Å². The number of carbonyl (C=O) groups is 2. The molecule has 12 heavy (non-hydrogen) atoms. The first-order valence-corrected chi connectivity index (χ1v) is 3.99. The molecule has 0 aromatic carbocycles. The van der Waals surface area contributed by atoms with Gasteiger partial charge in [-0.05, 0) is 22.0 Å². The van der Waals surface area contributed by atoms with Gasteiger partial charge in [-0.2, -0.15) is 0 Å². The number of pyridine rings is 1. The van der Waals surface area contributed by atoms with Crippen LogP contribution in [0.4, 0.5) is 5.82 Å². The molecule has 0 saturated carbocycles. The van der Waals surface area contributed by atoms with Crippen molar-refractivity contribution in [3.63, 3.8) is 0 Å². The number of nitrogens with one attached hydrogen (secondary N) is 1. The van der Waals surface area contributed by atoms with Crippen LogP contribution in [0.1, 0.15) is 10.4 Å². The van der Waals surface area contributed by atoms with Crippen LogP contribution < -0.4 is 5.32 Å². The zero-order chi connectivity index (χ0) is 8.72. The lowest BCUT2D eigenvalue weighted by atomic mass is 10.2. The second-order valence-electron chi connectivity index (χ2n) is 2.33. The van der Waals surface area contributed by atoms with E-state index in [1.807, 2.05) is 0 Å². The lowest BCUT2D eigenvalue weighted by molar-refractivity contribution is -0.112. The van der Waals surface area contributed by atoms with Crippen molar-refractivity contribution in [1.82, 2.24) is 4.98 Å². The largest absolute Gasteiger partial charge is 0.303 e. The number of amides is 1. The van der Waals surface area contributed by atoms with E-state index in [-0.39, 0.29) is 0 Å². The quantitative estimate of drug-likeness (QED) is 0.672. The lowest BCUT2D eigenvalue weighted by Crippen LogP contribution is -2.12. The van der Waals surface area contributed by atoms with Gasteiger partial charge in [-0.1, -0.05) is 0 Å². The smallest absolute Gasteiger partial charge is 0.298 e. The average molecular weight is 227 g/mol. The molecule has 1 aliphatic heterocycles. The van der Waals surface area contributed by atoms with E-state index in [1.165, 1.54) is 6.20 Å². The summed E-state index contributed by atoms with van der Waals surface area (Å²) in [6.07, 6.45) is 1.53. The number of halogens is 1. The van der Waals surface area contributed by atoms with Gasteiger partial charge in [0, 0.05) is 10.7 Å². The van der Waals surface area contributed by atoms with Gasteiger partial charge < -0.3 is 5.32 Å². The van der Waals surface area contributed by atoms with E-state index in [0.717, 1.165) is 0 Å². The Morgan fingerprint density at radius 3 is 2.92 bits per heavy atom. The highest BCUT2D eigenvalue weighted by molar-refractivity contribution is 9.10. The summed E-state index contributed by atoms with van der Waals surface area (Å²) in [6.45, 7) is 0. The number of aromatic nitrogens is 1. The van der Waals surface area contributed by atoms with Crippen molar-refractivity contribution >= 4 is 33.4 Å². The van der Waals surface area contributed by atoms with Gasteiger partial charge in [-0.15, -0.1) is 0 Å². The summed E-state index contributed by atoms with van der Waals surface area (Å²) in [6, 6.07) is 1.57. The van der Waals surface area contributed by atoms with Crippen LogP contribution in [0.5, 0.6) is 0 Å². The molecule has 0 bridgehead atoms. The second-order valence-corrected chi connectivity index (χ2v) is 3.25. The maximum atomic E-state index is 11.1. The SMILES string of the molecule is O=C1Nc2ncc(Br)cc2C1=O. The second kappa shape index (κ2) is 2.38. The van der Waals surface area contributed by atoms with Gasteiger partial charge in [0.2, 0.25) is 0 Å². The van der Waals surface area contributed by atoms with Crippen molar-refractivity contribution in [2.45, 2.75) is 0 Å². The molecule has 0 aliphatic carbocycles. The Labute approximate surface area is 76.1 Å². The Morgan fingerprint density at radius 1 is 1.42 bits per heavy atom. The van der Waals surface area contributed by atoms with Crippen LogP contribution >= 0.6 is 15.9 Å².